The van der Waals surface area contributed by atoms with E-state index in [2.05, 4.69) is 16.7 Å². The molecule has 0 saturated carbocycles. The Kier molecular flexibility index (Phi) is 10.2. The van der Waals surface area contributed by atoms with Crippen molar-refractivity contribution >= 4 is 12.0 Å². The maximum atomic E-state index is 13.4. The summed E-state index contributed by atoms with van der Waals surface area (Å²) in [5.41, 5.74) is 0.967. The van der Waals surface area contributed by atoms with Crippen molar-refractivity contribution in [2.75, 3.05) is 19.6 Å². The third kappa shape index (κ3) is 8.03. The molecule has 0 bridgehead atoms. The summed E-state index contributed by atoms with van der Waals surface area (Å²) in [6.07, 6.45) is 1.83. The van der Waals surface area contributed by atoms with Crippen LogP contribution >= 0.6 is 0 Å². The summed E-state index contributed by atoms with van der Waals surface area (Å²) in [5, 5.41) is 14.9. The van der Waals surface area contributed by atoms with Gasteiger partial charge in [0.1, 0.15) is 0 Å². The molecule has 1 aliphatic rings. The Morgan fingerprint density at radius 2 is 1.97 bits per heavy atom. The average molecular weight is 415 g/mol. The molecule has 7 heteroatoms. The predicted molar refractivity (Wildman–Crippen MR) is 115 cm³/mol. The topological polar surface area (TPSA) is 94.5 Å². The second kappa shape index (κ2) is 12.9. The number of rotatable bonds is 10. The van der Waals surface area contributed by atoms with Gasteiger partial charge in [0.25, 0.3) is 5.91 Å². The van der Waals surface area contributed by atoms with Crippen molar-refractivity contribution in [3.05, 3.63) is 35.9 Å². The summed E-state index contributed by atoms with van der Waals surface area (Å²) in [4.78, 5) is 27.7. The van der Waals surface area contributed by atoms with Crippen molar-refractivity contribution in [3.8, 4) is 6.07 Å². The molecule has 0 spiro atoms. The molecule has 1 aromatic rings. The molecule has 0 radical (unpaired) electrons. The van der Waals surface area contributed by atoms with Gasteiger partial charge in [-0.2, -0.15) is 5.26 Å². The van der Waals surface area contributed by atoms with Gasteiger partial charge < -0.3 is 20.3 Å². The zero-order valence-electron chi connectivity index (χ0n) is 18.1. The first-order valence-electron chi connectivity index (χ1n) is 10.9. The molecule has 1 heterocycles. The van der Waals surface area contributed by atoms with Crippen LogP contribution in [0.15, 0.2) is 30.3 Å². The summed E-state index contributed by atoms with van der Waals surface area (Å²) >= 11 is 0. The van der Waals surface area contributed by atoms with Crippen LogP contribution in [-0.4, -0.2) is 48.7 Å². The number of nitrogens with one attached hydrogen (secondary N) is 2. The monoisotopic (exact) mass is 414 g/mol. The van der Waals surface area contributed by atoms with Crippen LogP contribution < -0.4 is 10.6 Å². The molecule has 1 atom stereocenters. The zero-order valence-corrected chi connectivity index (χ0v) is 18.1. The lowest BCUT2D eigenvalue weighted by atomic mass is 10.0. The summed E-state index contributed by atoms with van der Waals surface area (Å²) in [7, 11) is 0. The number of nitriles is 1. The van der Waals surface area contributed by atoms with Crippen molar-refractivity contribution in [1.29, 1.82) is 5.26 Å². The summed E-state index contributed by atoms with van der Waals surface area (Å²) in [6, 6.07) is 11.8. The summed E-state index contributed by atoms with van der Waals surface area (Å²) in [5.74, 6) is 0.0539. The van der Waals surface area contributed by atoms with E-state index in [0.29, 0.717) is 32.4 Å². The van der Waals surface area contributed by atoms with Gasteiger partial charge in [0.15, 0.2) is 6.10 Å². The molecule has 30 heavy (non-hydrogen) atoms. The number of carbonyl (C=O) groups excluding carboxylic acids is 2. The quantitative estimate of drug-likeness (QED) is 0.573. The van der Waals surface area contributed by atoms with Gasteiger partial charge in [-0.05, 0) is 50.3 Å². The number of piperidine rings is 1. The van der Waals surface area contributed by atoms with Crippen LogP contribution in [0.25, 0.3) is 0 Å². The molecule has 1 fully saturated rings. The Labute approximate surface area is 179 Å². The molecule has 1 unspecified atom stereocenters. The molecule has 1 saturated heterocycles. The van der Waals surface area contributed by atoms with Crippen LogP contribution in [0.5, 0.6) is 0 Å². The highest BCUT2D eigenvalue weighted by Crippen LogP contribution is 2.19. The summed E-state index contributed by atoms with van der Waals surface area (Å²) < 4.78 is 5.60. The fourth-order valence-electron chi connectivity index (χ4n) is 3.67. The number of amides is 2. The van der Waals surface area contributed by atoms with Gasteiger partial charge in [-0.15, -0.1) is 0 Å². The van der Waals surface area contributed by atoms with Crippen molar-refractivity contribution in [1.82, 2.24) is 15.5 Å². The third-order valence-corrected chi connectivity index (χ3v) is 5.21. The second-order valence-corrected chi connectivity index (χ2v) is 8.14. The van der Waals surface area contributed by atoms with E-state index in [-0.39, 0.29) is 17.9 Å². The number of benzene rings is 1. The largest absolute Gasteiger partial charge is 0.436 e. The first-order valence-corrected chi connectivity index (χ1v) is 10.9. The summed E-state index contributed by atoms with van der Waals surface area (Å²) in [6.45, 7) is 6.61. The standard InChI is InChI=1S/C23H34N4O3/c1-18(2)16-21(30-23(29)26-17-19-8-4-3-5-9-19)22(28)27(15-7-6-12-24)20-10-13-25-14-11-20/h3-5,8-9,18,20-21,25H,6-7,10-11,13-17H2,1-2H3,(H,26,29). The molecule has 1 aromatic carbocycles. The lowest BCUT2D eigenvalue weighted by Crippen LogP contribution is -2.51. The number of unbranched alkanes of at least 4 members (excludes halogenated alkanes) is 1. The van der Waals surface area contributed by atoms with Gasteiger partial charge in [-0.3, -0.25) is 4.79 Å². The van der Waals surface area contributed by atoms with Crippen LogP contribution in [0, 0.1) is 17.2 Å². The van der Waals surface area contributed by atoms with Crippen molar-refractivity contribution in [2.24, 2.45) is 5.92 Å². The van der Waals surface area contributed by atoms with Gasteiger partial charge in [-0.25, -0.2) is 4.79 Å². The molecule has 164 valence electrons. The Hall–Kier alpha value is -2.59. The first-order chi connectivity index (χ1) is 14.5. The van der Waals surface area contributed by atoms with Gasteiger partial charge in [-0.1, -0.05) is 44.2 Å². The SMILES string of the molecule is CC(C)CC(OC(=O)NCc1ccccc1)C(=O)N(CCCC#N)C1CCNCC1. The number of hydrogen-bond donors (Lipinski definition) is 2. The van der Waals surface area contributed by atoms with Gasteiger partial charge in [0.05, 0.1) is 6.07 Å². The van der Waals surface area contributed by atoms with E-state index in [1.807, 2.05) is 49.1 Å². The molecule has 7 nitrogen and oxygen atoms in total. The van der Waals surface area contributed by atoms with Crippen LogP contribution in [0.1, 0.15) is 51.5 Å². The predicted octanol–water partition coefficient (Wildman–Crippen LogP) is 3.21. The smallest absolute Gasteiger partial charge is 0.408 e. The number of alkyl carbamates (subject to hydrolysis) is 1. The number of nitrogens with zero attached hydrogens (tertiary/aromatic N) is 2. The normalized spacial score (nSPS) is 15.3. The van der Waals surface area contributed by atoms with Gasteiger partial charge in [0, 0.05) is 25.6 Å². The second-order valence-electron chi connectivity index (χ2n) is 8.14. The minimum absolute atomic E-state index is 0.114. The molecule has 0 aromatic heterocycles. The van der Waals surface area contributed by atoms with Crippen LogP contribution in [0.4, 0.5) is 4.79 Å². The highest BCUT2D eigenvalue weighted by Gasteiger charge is 2.33. The van der Waals surface area contributed by atoms with E-state index >= 15 is 0 Å². The van der Waals surface area contributed by atoms with E-state index in [4.69, 9.17) is 10.00 Å². The van der Waals surface area contributed by atoms with Gasteiger partial charge >= 0.3 is 6.09 Å². The number of ether oxygens (including phenoxy) is 1. The first kappa shape index (κ1) is 23.7. The average Bonchev–Trinajstić information content (AvgIpc) is 2.75. The fraction of sp³-hybridized carbons (Fsp3) is 0.609. The molecule has 0 aliphatic carbocycles. The van der Waals surface area contributed by atoms with E-state index < -0.39 is 12.2 Å². The molecule has 2 rings (SSSR count). The Morgan fingerprint density at radius 3 is 2.60 bits per heavy atom. The zero-order chi connectivity index (χ0) is 21.8. The fourth-order valence-corrected chi connectivity index (χ4v) is 3.67. The van der Waals surface area contributed by atoms with Crippen molar-refractivity contribution in [3.63, 3.8) is 0 Å². The van der Waals surface area contributed by atoms with Crippen molar-refractivity contribution < 1.29 is 14.3 Å². The Bertz CT molecular complexity index is 696. The maximum absolute atomic E-state index is 13.4. The van der Waals surface area contributed by atoms with E-state index in [0.717, 1.165) is 31.5 Å². The molecule has 1 aliphatic heterocycles. The molecule has 2 N–H and O–H groups in total. The lowest BCUT2D eigenvalue weighted by molar-refractivity contribution is -0.144. The maximum Gasteiger partial charge on any atom is 0.408 e. The highest BCUT2D eigenvalue weighted by molar-refractivity contribution is 5.84. The Morgan fingerprint density at radius 1 is 1.27 bits per heavy atom. The van der Waals surface area contributed by atoms with Crippen LogP contribution in [-0.2, 0) is 16.1 Å². The van der Waals surface area contributed by atoms with Crippen LogP contribution in [0.3, 0.4) is 0 Å². The Balaban J connectivity index is 2.03. The number of hydrogen-bond acceptors (Lipinski definition) is 5. The molecular formula is C23H34N4O3. The minimum Gasteiger partial charge on any atom is -0.436 e. The number of carbonyl (C=O) groups is 2. The lowest BCUT2D eigenvalue weighted by Gasteiger charge is -2.36. The minimum atomic E-state index is -0.822. The van der Waals surface area contributed by atoms with Crippen molar-refractivity contribution in [2.45, 2.75) is 64.6 Å². The van der Waals surface area contributed by atoms with Crippen LogP contribution in [0.2, 0.25) is 0 Å². The van der Waals surface area contributed by atoms with E-state index in [1.165, 1.54) is 0 Å². The molecule has 2 amide bonds. The third-order valence-electron chi connectivity index (χ3n) is 5.21. The van der Waals surface area contributed by atoms with E-state index in [1.54, 1.807) is 0 Å². The molecular weight excluding hydrogens is 380 g/mol. The van der Waals surface area contributed by atoms with E-state index in [9.17, 15) is 9.59 Å². The highest BCUT2D eigenvalue weighted by atomic mass is 16.6. The van der Waals surface area contributed by atoms with Gasteiger partial charge in [0.2, 0.25) is 0 Å².